The van der Waals surface area contributed by atoms with Crippen molar-refractivity contribution < 1.29 is 9.90 Å². The Morgan fingerprint density at radius 2 is 2.11 bits per heavy atom. The van der Waals surface area contributed by atoms with Gasteiger partial charge in [-0.05, 0) is 36.1 Å². The van der Waals surface area contributed by atoms with Crippen molar-refractivity contribution >= 4 is 11.8 Å². The summed E-state index contributed by atoms with van der Waals surface area (Å²) in [5, 5.41) is 23.9. The molecule has 3 aromatic rings. The Kier molecular flexibility index (Phi) is 5.75. The van der Waals surface area contributed by atoms with E-state index in [2.05, 4.69) is 25.6 Å². The van der Waals surface area contributed by atoms with Gasteiger partial charge >= 0.3 is 5.97 Å². The number of carbonyl (C=O) groups is 1. The summed E-state index contributed by atoms with van der Waals surface area (Å²) in [4.78, 5) is 16.0. The molecule has 2 unspecified atom stereocenters. The smallest absolute Gasteiger partial charge is 0.307 e. The molecule has 0 aliphatic carbocycles. The maximum absolute atomic E-state index is 11.8. The van der Waals surface area contributed by atoms with Gasteiger partial charge in [0.05, 0.1) is 5.92 Å². The van der Waals surface area contributed by atoms with Crippen molar-refractivity contribution in [2.24, 2.45) is 5.92 Å². The number of nitrogen functional groups attached to an aromatic ring is 1. The zero-order valence-electron chi connectivity index (χ0n) is 15.0. The minimum absolute atomic E-state index is 0.360. The van der Waals surface area contributed by atoms with Crippen LogP contribution >= 0.6 is 0 Å². The van der Waals surface area contributed by atoms with Gasteiger partial charge < -0.3 is 10.8 Å². The molecule has 1 aromatic carbocycles. The lowest BCUT2D eigenvalue weighted by Gasteiger charge is -2.21. The molecule has 8 heteroatoms. The Labute approximate surface area is 156 Å². The first-order valence-electron chi connectivity index (χ1n) is 8.85. The molecule has 4 N–H and O–H groups in total. The quantitative estimate of drug-likeness (QED) is 0.558. The second-order valence-electron chi connectivity index (χ2n) is 6.49. The molecule has 0 radical (unpaired) electrons. The molecule has 0 aliphatic rings. The summed E-state index contributed by atoms with van der Waals surface area (Å²) >= 11 is 0. The molecule has 0 aliphatic heterocycles. The summed E-state index contributed by atoms with van der Waals surface area (Å²) in [5.74, 6) is -0.882. The second kappa shape index (κ2) is 8.39. The highest BCUT2D eigenvalue weighted by molar-refractivity contribution is 5.71. The lowest BCUT2D eigenvalue weighted by atomic mass is 9.83. The molecule has 27 heavy (non-hydrogen) atoms. The summed E-state index contributed by atoms with van der Waals surface area (Å²) in [6, 6.07) is 11.6. The van der Waals surface area contributed by atoms with E-state index in [1.807, 2.05) is 37.3 Å². The van der Waals surface area contributed by atoms with Crippen molar-refractivity contribution in [3.8, 4) is 11.1 Å². The van der Waals surface area contributed by atoms with E-state index in [1.54, 1.807) is 12.3 Å². The molecule has 8 nitrogen and oxygen atoms in total. The zero-order valence-corrected chi connectivity index (χ0v) is 15.0. The van der Waals surface area contributed by atoms with Gasteiger partial charge in [0, 0.05) is 17.7 Å². The molecule has 140 valence electrons. The van der Waals surface area contributed by atoms with Crippen molar-refractivity contribution in [1.82, 2.24) is 25.6 Å². The third-order valence-corrected chi connectivity index (χ3v) is 4.60. The van der Waals surface area contributed by atoms with E-state index in [0.29, 0.717) is 24.5 Å². The standard InChI is InChI=1S/C19H22N6O2/c1-2-4-15(19(26)27)16(18-22-24-25-23-18)10-12-5-3-6-13(9-12)14-7-8-17(20)21-11-14/h3,5-9,11,15-16H,2,4,10H2,1H3,(H2,20,21)(H,26,27)(H,22,23,24,25). The van der Waals surface area contributed by atoms with E-state index < -0.39 is 11.9 Å². The van der Waals surface area contributed by atoms with Crippen LogP contribution in [0.2, 0.25) is 0 Å². The molecular formula is C19H22N6O2. The molecule has 0 saturated carbocycles. The summed E-state index contributed by atoms with van der Waals surface area (Å²) < 4.78 is 0. The highest BCUT2D eigenvalue weighted by Crippen LogP contribution is 2.31. The topological polar surface area (TPSA) is 131 Å². The molecule has 0 fully saturated rings. The van der Waals surface area contributed by atoms with E-state index in [0.717, 1.165) is 23.1 Å². The molecule has 0 bridgehead atoms. The number of rotatable bonds is 8. The van der Waals surface area contributed by atoms with Gasteiger partial charge in [-0.2, -0.15) is 5.21 Å². The third-order valence-electron chi connectivity index (χ3n) is 4.60. The predicted octanol–water partition coefficient (Wildman–Crippen LogP) is 2.67. The average molecular weight is 366 g/mol. The van der Waals surface area contributed by atoms with Gasteiger partial charge in [0.1, 0.15) is 5.82 Å². The van der Waals surface area contributed by atoms with Crippen molar-refractivity contribution in [2.75, 3.05) is 5.73 Å². The van der Waals surface area contributed by atoms with E-state index in [1.165, 1.54) is 0 Å². The second-order valence-corrected chi connectivity index (χ2v) is 6.49. The van der Waals surface area contributed by atoms with Crippen molar-refractivity contribution in [2.45, 2.75) is 32.1 Å². The maximum atomic E-state index is 11.8. The van der Waals surface area contributed by atoms with Crippen LogP contribution in [-0.4, -0.2) is 36.7 Å². The summed E-state index contributed by atoms with van der Waals surface area (Å²) in [6.45, 7) is 1.97. The Morgan fingerprint density at radius 3 is 2.74 bits per heavy atom. The van der Waals surface area contributed by atoms with Crippen LogP contribution < -0.4 is 5.73 Å². The van der Waals surface area contributed by atoms with Crippen molar-refractivity contribution in [3.63, 3.8) is 0 Å². The Balaban J connectivity index is 1.91. The van der Waals surface area contributed by atoms with Gasteiger partial charge in [-0.25, -0.2) is 4.98 Å². The first-order valence-corrected chi connectivity index (χ1v) is 8.85. The molecule has 2 aromatic heterocycles. The van der Waals surface area contributed by atoms with Crippen LogP contribution in [0, 0.1) is 5.92 Å². The third kappa shape index (κ3) is 4.46. The van der Waals surface area contributed by atoms with E-state index in [9.17, 15) is 9.90 Å². The fraction of sp³-hybridized carbons (Fsp3) is 0.316. The van der Waals surface area contributed by atoms with Crippen LogP contribution in [0.15, 0.2) is 42.6 Å². The number of anilines is 1. The van der Waals surface area contributed by atoms with Gasteiger partial charge in [0.15, 0.2) is 5.82 Å². The minimum atomic E-state index is -0.842. The van der Waals surface area contributed by atoms with Crippen molar-refractivity contribution in [1.29, 1.82) is 0 Å². The highest BCUT2D eigenvalue weighted by Gasteiger charge is 2.32. The monoisotopic (exact) mass is 366 g/mol. The normalized spacial score (nSPS) is 13.2. The SMILES string of the molecule is CCCC(C(=O)O)C(Cc1cccc(-c2ccc(N)nc2)c1)c1nn[nH]n1. The van der Waals surface area contributed by atoms with Crippen LogP contribution in [0.4, 0.5) is 5.82 Å². The number of hydrogen-bond donors (Lipinski definition) is 3. The average Bonchev–Trinajstić information content (AvgIpc) is 3.20. The first-order chi connectivity index (χ1) is 13.1. The fourth-order valence-corrected chi connectivity index (χ4v) is 3.26. The predicted molar refractivity (Wildman–Crippen MR) is 101 cm³/mol. The fourth-order valence-electron chi connectivity index (χ4n) is 3.26. The van der Waals surface area contributed by atoms with E-state index >= 15 is 0 Å². The number of pyridine rings is 1. The molecule has 2 atom stereocenters. The van der Waals surface area contributed by atoms with Gasteiger partial charge in [-0.1, -0.05) is 42.8 Å². The van der Waals surface area contributed by atoms with Crippen LogP contribution in [0.3, 0.4) is 0 Å². The number of nitrogens with two attached hydrogens (primary N) is 1. The Bertz CT molecular complexity index is 879. The largest absolute Gasteiger partial charge is 0.481 e. The number of aromatic nitrogens is 5. The summed E-state index contributed by atoms with van der Waals surface area (Å²) in [6.07, 6.45) is 3.55. The van der Waals surface area contributed by atoms with Crippen LogP contribution in [0.1, 0.15) is 37.1 Å². The number of nitrogens with one attached hydrogen (secondary N) is 1. The van der Waals surface area contributed by atoms with E-state index in [4.69, 9.17) is 5.73 Å². The molecule has 0 amide bonds. The molecule has 2 heterocycles. The molecule has 0 spiro atoms. The lowest BCUT2D eigenvalue weighted by molar-refractivity contribution is -0.142. The Hall–Kier alpha value is -3.29. The Morgan fingerprint density at radius 1 is 1.26 bits per heavy atom. The van der Waals surface area contributed by atoms with Gasteiger partial charge in [0.25, 0.3) is 0 Å². The van der Waals surface area contributed by atoms with E-state index in [-0.39, 0.29) is 5.92 Å². The lowest BCUT2D eigenvalue weighted by Crippen LogP contribution is -2.25. The van der Waals surface area contributed by atoms with Crippen molar-refractivity contribution in [3.05, 3.63) is 54.0 Å². The number of carboxylic acids is 1. The number of tetrazole rings is 1. The number of H-pyrrole nitrogens is 1. The minimum Gasteiger partial charge on any atom is -0.481 e. The zero-order chi connectivity index (χ0) is 19.2. The number of hydrogen-bond acceptors (Lipinski definition) is 6. The van der Waals surface area contributed by atoms with Crippen LogP contribution in [0.25, 0.3) is 11.1 Å². The van der Waals surface area contributed by atoms with Gasteiger partial charge in [-0.15, -0.1) is 10.2 Å². The van der Waals surface area contributed by atoms with Gasteiger partial charge in [-0.3, -0.25) is 4.79 Å². The van der Waals surface area contributed by atoms with Crippen LogP contribution in [0.5, 0.6) is 0 Å². The number of benzene rings is 1. The molecule has 0 saturated heterocycles. The summed E-state index contributed by atoms with van der Waals surface area (Å²) in [5.41, 5.74) is 8.60. The number of nitrogens with zero attached hydrogens (tertiary/aromatic N) is 4. The highest BCUT2D eigenvalue weighted by atomic mass is 16.4. The first kappa shape index (κ1) is 18.5. The number of aliphatic carboxylic acids is 1. The molecule has 3 rings (SSSR count). The maximum Gasteiger partial charge on any atom is 0.307 e. The number of aromatic amines is 1. The van der Waals surface area contributed by atoms with Crippen LogP contribution in [-0.2, 0) is 11.2 Å². The number of carboxylic acid groups (broad SMARTS) is 1. The summed E-state index contributed by atoms with van der Waals surface area (Å²) in [7, 11) is 0. The van der Waals surface area contributed by atoms with Gasteiger partial charge in [0.2, 0.25) is 0 Å². The molecular weight excluding hydrogens is 344 g/mol.